The fourth-order valence-corrected chi connectivity index (χ4v) is 8.30. The van der Waals surface area contributed by atoms with E-state index in [1.54, 1.807) is 45.1 Å². The molecule has 20 nitrogen and oxygen atoms in total. The Balaban J connectivity index is 0.788. The number of fused-ring (bicyclic) bond motifs is 1. The Morgan fingerprint density at radius 3 is 2.58 bits per heavy atom. The van der Waals surface area contributed by atoms with Gasteiger partial charge in [-0.3, -0.25) is 15.0 Å². The van der Waals surface area contributed by atoms with Crippen LogP contribution in [-0.4, -0.2) is 113 Å². The van der Waals surface area contributed by atoms with Crippen LogP contribution in [0, 0.1) is 0 Å². The van der Waals surface area contributed by atoms with Gasteiger partial charge >= 0.3 is 0 Å². The Bertz CT molecular complexity index is 2940. The number of aromatic nitrogens is 10. The molecule has 0 saturated carbocycles. The van der Waals surface area contributed by atoms with Crippen molar-refractivity contribution in [2.45, 2.75) is 24.0 Å². The third kappa shape index (κ3) is 12.5. The van der Waals surface area contributed by atoms with Gasteiger partial charge in [0, 0.05) is 77.3 Å². The number of nitrogens with zero attached hydrogens (tertiary/aromatic N) is 13. The van der Waals surface area contributed by atoms with Crippen LogP contribution in [0.5, 0.6) is 0 Å². The number of carbonyl (C=O) groups is 2. The number of hydrogen-bond donors (Lipinski definition) is 4. The molecule has 0 spiro atoms. The van der Waals surface area contributed by atoms with Gasteiger partial charge in [-0.15, -0.1) is 32.9 Å². The zero-order valence-electron chi connectivity index (χ0n) is 35.8. The summed E-state index contributed by atoms with van der Waals surface area (Å²) in [5, 5.41) is 40.0. The lowest BCUT2D eigenvalue weighted by molar-refractivity contribution is -0.102. The molecule has 1 amide bonds. The Labute approximate surface area is 400 Å². The highest BCUT2D eigenvalue weighted by Gasteiger charge is 2.18. The van der Waals surface area contributed by atoms with Crippen molar-refractivity contribution in [1.29, 1.82) is 0 Å². The van der Waals surface area contributed by atoms with E-state index >= 15 is 0 Å². The number of nitrogens with two attached hydrogens (primary N) is 1. The van der Waals surface area contributed by atoms with Crippen LogP contribution in [0.25, 0.3) is 22.4 Å². The van der Waals surface area contributed by atoms with Crippen molar-refractivity contribution in [3.05, 3.63) is 129 Å². The smallest absolute Gasteiger partial charge is 0.251 e. The van der Waals surface area contributed by atoms with Crippen molar-refractivity contribution in [2.75, 3.05) is 55.6 Å². The predicted molar refractivity (Wildman–Crippen MR) is 262 cm³/mol. The van der Waals surface area contributed by atoms with Gasteiger partial charge in [0.2, 0.25) is 10.3 Å². The Hall–Kier alpha value is -7.02. The standard InChI is InChI=1S/C43H42ClN17O3S3/c1-59(56-36(30-5-3-2-4-6-30)34(25-62)53-55-41-48-18-22-65-41)43-49-35(27-67-43)29-9-11-31(12-10-29)40(63)47-17-20-64-21-19-60-24-33(52-57-60)26-66-42-50-38(46-16-15-45)37-39(51-42)61(58-54-37)23-28-7-13-32(44)14-8-28/h2-14,18,22,24-25,27H,15-17,19-21,23,26,45H2,1H3,(H,47,63)(H,48,55)(H,46,50,51)/b53-34-,56-36-. The molecule has 0 aliphatic rings. The first-order chi connectivity index (χ1) is 32.8. The number of hydrazone groups is 2. The summed E-state index contributed by atoms with van der Waals surface area (Å²) >= 11 is 10.2. The number of thioether (sulfide) groups is 1. The third-order valence-electron chi connectivity index (χ3n) is 9.52. The number of anilines is 3. The van der Waals surface area contributed by atoms with E-state index in [-0.39, 0.29) is 11.6 Å². The molecule has 67 heavy (non-hydrogen) atoms. The number of thiazole rings is 2. The van der Waals surface area contributed by atoms with Crippen molar-refractivity contribution in [3.63, 3.8) is 0 Å². The normalized spacial score (nSPS) is 11.8. The van der Waals surface area contributed by atoms with E-state index in [0.717, 1.165) is 16.8 Å². The molecule has 0 aliphatic carbocycles. The Kier molecular flexibility index (Phi) is 15.9. The fourth-order valence-electron chi connectivity index (χ4n) is 6.24. The van der Waals surface area contributed by atoms with Gasteiger partial charge in [-0.25, -0.2) is 34.3 Å². The maximum Gasteiger partial charge on any atom is 0.251 e. The second-order valence-electron chi connectivity index (χ2n) is 14.2. The highest BCUT2D eigenvalue weighted by Crippen LogP contribution is 2.28. The molecule has 8 aromatic rings. The largest absolute Gasteiger partial charge is 0.378 e. The van der Waals surface area contributed by atoms with E-state index in [4.69, 9.17) is 37.1 Å². The minimum atomic E-state index is -0.222. The molecule has 342 valence electrons. The van der Waals surface area contributed by atoms with Crippen LogP contribution >= 0.6 is 46.0 Å². The number of hydrogen-bond acceptors (Lipinski definition) is 20. The monoisotopic (exact) mass is 975 g/mol. The molecule has 0 unspecified atom stereocenters. The zero-order valence-corrected chi connectivity index (χ0v) is 39.0. The summed E-state index contributed by atoms with van der Waals surface area (Å²) in [6, 6.07) is 24.0. The van der Waals surface area contributed by atoms with Gasteiger partial charge in [0.25, 0.3) is 5.91 Å². The number of halogens is 1. The van der Waals surface area contributed by atoms with Crippen LogP contribution in [0.4, 0.5) is 16.1 Å². The van der Waals surface area contributed by atoms with E-state index in [0.29, 0.717) is 118 Å². The van der Waals surface area contributed by atoms with Crippen LogP contribution in [0.3, 0.4) is 0 Å². The Morgan fingerprint density at radius 2 is 1.81 bits per heavy atom. The predicted octanol–water partition coefficient (Wildman–Crippen LogP) is 5.71. The lowest BCUT2D eigenvalue weighted by Gasteiger charge is -2.13. The summed E-state index contributed by atoms with van der Waals surface area (Å²) in [4.78, 5) is 43.5. The first-order valence-electron chi connectivity index (χ1n) is 20.6. The maximum absolute atomic E-state index is 12.9. The first-order valence-corrected chi connectivity index (χ1v) is 23.8. The number of benzene rings is 3. The summed E-state index contributed by atoms with van der Waals surface area (Å²) in [5.41, 5.74) is 14.7. The van der Waals surface area contributed by atoms with Gasteiger partial charge in [0.05, 0.1) is 37.7 Å². The van der Waals surface area contributed by atoms with E-state index in [9.17, 15) is 9.59 Å². The summed E-state index contributed by atoms with van der Waals surface area (Å²) in [7, 11) is 1.75. The number of ether oxygens (including phenoxy) is 1. The molecule has 8 rings (SSSR count). The lowest BCUT2D eigenvalue weighted by Crippen LogP contribution is -2.27. The molecule has 5 aromatic heterocycles. The second-order valence-corrected chi connectivity index (χ2v) is 17.4. The number of nitrogens with one attached hydrogen (secondary N) is 3. The van der Waals surface area contributed by atoms with Gasteiger partial charge in [0.1, 0.15) is 5.71 Å². The van der Waals surface area contributed by atoms with E-state index < -0.39 is 0 Å². The number of rotatable bonds is 23. The van der Waals surface area contributed by atoms with Gasteiger partial charge in [-0.1, -0.05) is 88.4 Å². The highest BCUT2D eigenvalue weighted by atomic mass is 35.5. The van der Waals surface area contributed by atoms with Crippen molar-refractivity contribution in [1.82, 2.24) is 55.2 Å². The van der Waals surface area contributed by atoms with Gasteiger partial charge < -0.3 is 21.1 Å². The van der Waals surface area contributed by atoms with Crippen molar-refractivity contribution in [3.8, 4) is 11.3 Å². The lowest BCUT2D eigenvalue weighted by atomic mass is 10.1. The first kappa shape index (κ1) is 46.5. The molecule has 24 heteroatoms. The maximum atomic E-state index is 12.9. The van der Waals surface area contributed by atoms with Crippen LogP contribution in [0.1, 0.15) is 27.2 Å². The van der Waals surface area contributed by atoms with Crippen molar-refractivity contribution in [2.24, 2.45) is 15.9 Å². The fraction of sp³-hybridized carbons (Fsp3) is 0.209. The Morgan fingerprint density at radius 1 is 0.970 bits per heavy atom. The molecular weight excluding hydrogens is 934 g/mol. The average Bonchev–Trinajstić information content (AvgIpc) is 4.21. The third-order valence-corrected chi connectivity index (χ3v) is 12.2. The number of aldehydes is 1. The molecule has 0 bridgehead atoms. The van der Waals surface area contributed by atoms with E-state index in [1.165, 1.54) is 34.4 Å². The van der Waals surface area contributed by atoms with E-state index in [1.807, 2.05) is 78.3 Å². The van der Waals surface area contributed by atoms with Gasteiger partial charge in [-0.05, 0) is 29.8 Å². The van der Waals surface area contributed by atoms with Crippen LogP contribution in [0.2, 0.25) is 5.02 Å². The summed E-state index contributed by atoms with van der Waals surface area (Å²) in [6.45, 7) is 2.90. The average molecular weight is 977 g/mol. The zero-order chi connectivity index (χ0) is 46.4. The minimum Gasteiger partial charge on any atom is -0.378 e. The summed E-state index contributed by atoms with van der Waals surface area (Å²) in [6.07, 6.45) is 4.14. The second kappa shape index (κ2) is 22.9. The molecule has 0 atom stereocenters. The van der Waals surface area contributed by atoms with Crippen LogP contribution in [-0.2, 0) is 28.4 Å². The minimum absolute atomic E-state index is 0.0991. The molecular formula is C43H42ClN17O3S3. The topological polar surface area (TPSA) is 246 Å². The molecule has 0 fully saturated rings. The highest BCUT2D eigenvalue weighted by molar-refractivity contribution is 7.98. The van der Waals surface area contributed by atoms with Crippen molar-refractivity contribution < 1.29 is 14.3 Å². The molecule has 0 radical (unpaired) electrons. The molecule has 0 aliphatic heterocycles. The number of carbonyl (C=O) groups excluding carboxylic acids is 2. The molecule has 3 aromatic carbocycles. The quantitative estimate of drug-likeness (QED) is 0.0150. The molecule has 5 heterocycles. The van der Waals surface area contributed by atoms with Crippen LogP contribution in [0.15, 0.2) is 117 Å². The van der Waals surface area contributed by atoms with Crippen molar-refractivity contribution >= 4 is 96.9 Å². The summed E-state index contributed by atoms with van der Waals surface area (Å²) in [5.74, 6) is 0.818. The summed E-state index contributed by atoms with van der Waals surface area (Å²) < 4.78 is 9.22. The van der Waals surface area contributed by atoms with Gasteiger partial charge in [0.15, 0.2) is 34.1 Å². The van der Waals surface area contributed by atoms with Gasteiger partial charge in [-0.2, -0.15) is 10.2 Å². The molecule has 5 N–H and O–H groups in total. The van der Waals surface area contributed by atoms with E-state index in [2.05, 4.69) is 51.8 Å². The van der Waals surface area contributed by atoms with Crippen LogP contribution < -0.4 is 26.8 Å². The number of amides is 1. The molecule has 0 saturated heterocycles. The SMILES string of the molecule is CN(/N=C(\C(C=O)=N/Nc1nccs1)c1ccccc1)c1nc(-c2ccc(C(=O)NCCOCCn3cc(CSc4nc(NCCN)c5nnn(Cc6ccc(Cl)cc6)c5n4)nn3)cc2)cs1.